The molecule has 0 aliphatic heterocycles. The van der Waals surface area contributed by atoms with E-state index in [1.54, 1.807) is 12.3 Å². The Hall–Kier alpha value is -0.620. The van der Waals surface area contributed by atoms with Gasteiger partial charge in [-0.1, -0.05) is 30.1 Å². The quantitative estimate of drug-likeness (QED) is 0.831. The number of nitrogens with zero attached hydrogens (tertiary/aromatic N) is 3. The van der Waals surface area contributed by atoms with Gasteiger partial charge in [0, 0.05) is 19.2 Å². The first-order valence-electron chi connectivity index (χ1n) is 6.78. The van der Waals surface area contributed by atoms with Crippen LogP contribution < -0.4 is 5.73 Å². The van der Waals surface area contributed by atoms with E-state index in [4.69, 9.17) is 28.9 Å². The van der Waals surface area contributed by atoms with Gasteiger partial charge in [-0.25, -0.2) is 0 Å². The van der Waals surface area contributed by atoms with Crippen molar-refractivity contribution < 1.29 is 0 Å². The maximum Gasteiger partial charge on any atom is 0.0766 e. The normalized spacial score (nSPS) is 12.7. The summed E-state index contributed by atoms with van der Waals surface area (Å²) >= 11 is 15.7. The minimum atomic E-state index is -0.308. The van der Waals surface area contributed by atoms with E-state index in [1.807, 2.05) is 4.68 Å². The zero-order chi connectivity index (χ0) is 15.6. The van der Waals surface area contributed by atoms with Crippen molar-refractivity contribution in [3.8, 4) is 0 Å². The van der Waals surface area contributed by atoms with E-state index in [2.05, 4.69) is 39.9 Å². The van der Waals surface area contributed by atoms with Crippen molar-refractivity contribution in [2.45, 2.75) is 39.3 Å². The third-order valence-corrected chi connectivity index (χ3v) is 4.72. The Morgan fingerprint density at radius 2 is 2.10 bits per heavy atom. The Balaban J connectivity index is 2.31. The summed E-state index contributed by atoms with van der Waals surface area (Å²) < 4.78 is 2.99. The van der Waals surface area contributed by atoms with E-state index in [0.29, 0.717) is 22.2 Å². The molecule has 0 aliphatic carbocycles. The molecule has 21 heavy (non-hydrogen) atoms. The molecule has 0 aliphatic rings. The number of hydrogen-bond donors (Lipinski definition) is 1. The number of rotatable bonds is 5. The number of hydrogen-bond acceptors (Lipinski definition) is 3. The highest BCUT2D eigenvalue weighted by atomic mass is 79.9. The Labute approximate surface area is 142 Å². The second-order valence-corrected chi connectivity index (χ2v) is 6.34. The lowest BCUT2D eigenvalue weighted by Crippen LogP contribution is -2.18. The van der Waals surface area contributed by atoms with E-state index in [1.165, 1.54) is 0 Å². The molecule has 7 heteroatoms. The standard InChI is InChI=1S/C14H17BrCl2N4/c1-3-11-13(15)12(21(4-2)20-11)6-10(18)14-9(17)5-8(16)7-19-14/h5,7,10H,3-4,6,18H2,1-2H3. The first kappa shape index (κ1) is 16.7. The fraction of sp³-hybridized carbons (Fsp3) is 0.429. The topological polar surface area (TPSA) is 56.7 Å². The second-order valence-electron chi connectivity index (χ2n) is 4.71. The molecule has 0 saturated carbocycles. The van der Waals surface area contributed by atoms with Gasteiger partial charge in [-0.05, 0) is 35.3 Å². The Bertz CT molecular complexity index is 642. The molecule has 4 nitrogen and oxygen atoms in total. The van der Waals surface area contributed by atoms with Gasteiger partial charge in [0.15, 0.2) is 0 Å². The summed E-state index contributed by atoms with van der Waals surface area (Å²) in [5, 5.41) is 5.56. The maximum atomic E-state index is 6.27. The van der Waals surface area contributed by atoms with Crippen molar-refractivity contribution in [1.82, 2.24) is 14.8 Å². The maximum absolute atomic E-state index is 6.27. The van der Waals surface area contributed by atoms with Crippen LogP contribution in [0.5, 0.6) is 0 Å². The molecule has 2 rings (SSSR count). The van der Waals surface area contributed by atoms with Crippen LogP contribution in [0.1, 0.15) is 37.0 Å². The molecule has 0 amide bonds. The lowest BCUT2D eigenvalue weighted by atomic mass is 10.1. The van der Waals surface area contributed by atoms with Crippen LogP contribution in [0.15, 0.2) is 16.7 Å². The highest BCUT2D eigenvalue weighted by molar-refractivity contribution is 9.10. The summed E-state index contributed by atoms with van der Waals surface area (Å²) in [6.07, 6.45) is 3.04. The van der Waals surface area contributed by atoms with Crippen molar-refractivity contribution >= 4 is 39.1 Å². The SMILES string of the molecule is CCc1nn(CC)c(CC(N)c2ncc(Cl)cc2Cl)c1Br. The van der Waals surface area contributed by atoms with Gasteiger partial charge < -0.3 is 5.73 Å². The molecule has 0 spiro atoms. The highest BCUT2D eigenvalue weighted by Crippen LogP contribution is 2.29. The molecule has 114 valence electrons. The van der Waals surface area contributed by atoms with Crippen molar-refractivity contribution in [1.29, 1.82) is 0 Å². The molecule has 2 aromatic heterocycles. The van der Waals surface area contributed by atoms with Gasteiger partial charge in [-0.2, -0.15) is 5.10 Å². The molecular weight excluding hydrogens is 375 g/mol. The Kier molecular flexibility index (Phi) is 5.66. The number of aromatic nitrogens is 3. The smallest absolute Gasteiger partial charge is 0.0766 e. The number of halogens is 3. The van der Waals surface area contributed by atoms with Gasteiger partial charge in [-0.15, -0.1) is 0 Å². The molecule has 2 heterocycles. The van der Waals surface area contributed by atoms with E-state index < -0.39 is 0 Å². The van der Waals surface area contributed by atoms with E-state index in [-0.39, 0.29) is 6.04 Å². The summed E-state index contributed by atoms with van der Waals surface area (Å²) in [5.41, 5.74) is 9.02. The highest BCUT2D eigenvalue weighted by Gasteiger charge is 2.20. The molecule has 0 fully saturated rings. The van der Waals surface area contributed by atoms with Crippen LogP contribution in [-0.2, 0) is 19.4 Å². The molecule has 2 aromatic rings. The fourth-order valence-electron chi connectivity index (χ4n) is 2.22. The van der Waals surface area contributed by atoms with Crippen LogP contribution in [0.3, 0.4) is 0 Å². The van der Waals surface area contributed by atoms with Crippen LogP contribution in [-0.4, -0.2) is 14.8 Å². The first-order chi connectivity index (χ1) is 9.97. The minimum Gasteiger partial charge on any atom is -0.322 e. The van der Waals surface area contributed by atoms with Crippen LogP contribution >= 0.6 is 39.1 Å². The molecule has 0 bridgehead atoms. The van der Waals surface area contributed by atoms with Crippen LogP contribution in [0, 0.1) is 0 Å². The summed E-state index contributed by atoms with van der Waals surface area (Å²) in [4.78, 5) is 4.25. The summed E-state index contributed by atoms with van der Waals surface area (Å²) in [6.45, 7) is 4.93. The fourth-order valence-corrected chi connectivity index (χ4v) is 3.46. The van der Waals surface area contributed by atoms with Crippen molar-refractivity contribution in [3.05, 3.63) is 43.9 Å². The number of nitrogens with two attached hydrogens (primary N) is 1. The number of pyridine rings is 1. The minimum absolute atomic E-state index is 0.308. The largest absolute Gasteiger partial charge is 0.322 e. The lowest BCUT2D eigenvalue weighted by Gasteiger charge is -2.14. The van der Waals surface area contributed by atoms with Gasteiger partial charge in [0.2, 0.25) is 0 Å². The average molecular weight is 392 g/mol. The van der Waals surface area contributed by atoms with Crippen molar-refractivity contribution in [2.75, 3.05) is 0 Å². The molecule has 1 atom stereocenters. The van der Waals surface area contributed by atoms with Gasteiger partial charge in [0.05, 0.1) is 37.6 Å². The zero-order valence-corrected chi connectivity index (χ0v) is 15.0. The molecule has 0 aromatic carbocycles. The Morgan fingerprint density at radius 3 is 2.67 bits per heavy atom. The molecule has 0 radical (unpaired) electrons. The van der Waals surface area contributed by atoms with Crippen LogP contribution in [0.25, 0.3) is 0 Å². The molecule has 2 N–H and O–H groups in total. The van der Waals surface area contributed by atoms with E-state index in [9.17, 15) is 0 Å². The van der Waals surface area contributed by atoms with Gasteiger partial charge in [-0.3, -0.25) is 9.67 Å². The predicted molar refractivity (Wildman–Crippen MR) is 89.9 cm³/mol. The van der Waals surface area contributed by atoms with Crippen LogP contribution in [0.4, 0.5) is 0 Å². The summed E-state index contributed by atoms with van der Waals surface area (Å²) in [7, 11) is 0. The van der Waals surface area contributed by atoms with Crippen molar-refractivity contribution in [3.63, 3.8) is 0 Å². The van der Waals surface area contributed by atoms with Gasteiger partial charge in [0.25, 0.3) is 0 Å². The molecule has 1 unspecified atom stereocenters. The third kappa shape index (κ3) is 3.59. The van der Waals surface area contributed by atoms with Gasteiger partial charge >= 0.3 is 0 Å². The van der Waals surface area contributed by atoms with E-state index in [0.717, 1.165) is 28.8 Å². The Morgan fingerprint density at radius 1 is 1.38 bits per heavy atom. The summed E-state index contributed by atoms with van der Waals surface area (Å²) in [5.74, 6) is 0. The third-order valence-electron chi connectivity index (χ3n) is 3.29. The second kappa shape index (κ2) is 7.09. The average Bonchev–Trinajstić information content (AvgIpc) is 2.75. The predicted octanol–water partition coefficient (Wildman–Crippen LogP) is 4.17. The van der Waals surface area contributed by atoms with Crippen LogP contribution in [0.2, 0.25) is 10.0 Å². The lowest BCUT2D eigenvalue weighted by molar-refractivity contribution is 0.579. The van der Waals surface area contributed by atoms with E-state index >= 15 is 0 Å². The van der Waals surface area contributed by atoms with Gasteiger partial charge in [0.1, 0.15) is 0 Å². The zero-order valence-electron chi connectivity index (χ0n) is 11.9. The summed E-state index contributed by atoms with van der Waals surface area (Å²) in [6, 6.07) is 1.35. The molecule has 0 saturated heterocycles. The van der Waals surface area contributed by atoms with Crippen molar-refractivity contribution in [2.24, 2.45) is 5.73 Å². The monoisotopic (exact) mass is 390 g/mol. The molecular formula is C14H17BrCl2N4. The number of aryl methyl sites for hydroxylation is 2. The first-order valence-corrected chi connectivity index (χ1v) is 8.33.